The fourth-order valence-electron chi connectivity index (χ4n) is 3.35. The Kier molecular flexibility index (Phi) is 3.10. The molecule has 0 radical (unpaired) electrons. The Morgan fingerprint density at radius 2 is 1.95 bits per heavy atom. The molecule has 1 aromatic heterocycles. The Hall–Kier alpha value is -1.81. The largest absolute Gasteiger partial charge is 0.398 e. The molecule has 21 heavy (non-hydrogen) atoms. The van der Waals surface area contributed by atoms with Gasteiger partial charge in [-0.15, -0.1) is 0 Å². The van der Waals surface area contributed by atoms with E-state index in [2.05, 4.69) is 39.0 Å². The van der Waals surface area contributed by atoms with Gasteiger partial charge in [-0.05, 0) is 33.8 Å². The number of nitrogens with two attached hydrogens (primary N) is 1. The van der Waals surface area contributed by atoms with E-state index >= 15 is 0 Å². The third-order valence-corrected chi connectivity index (χ3v) is 4.22. The molecular formula is C17H23N3O. The van der Waals surface area contributed by atoms with E-state index in [1.165, 1.54) is 0 Å². The smallest absolute Gasteiger partial charge is 0.0857 e. The van der Waals surface area contributed by atoms with Crippen molar-refractivity contribution in [3.8, 4) is 11.1 Å². The van der Waals surface area contributed by atoms with Crippen molar-refractivity contribution in [1.29, 1.82) is 0 Å². The van der Waals surface area contributed by atoms with Gasteiger partial charge in [0.15, 0.2) is 0 Å². The number of anilines is 1. The van der Waals surface area contributed by atoms with E-state index in [1.54, 1.807) is 0 Å². The summed E-state index contributed by atoms with van der Waals surface area (Å²) >= 11 is 0. The molecule has 0 bridgehead atoms. The average Bonchev–Trinajstić information content (AvgIpc) is 2.91. The highest BCUT2D eigenvalue weighted by molar-refractivity contribution is 5.75. The van der Waals surface area contributed by atoms with E-state index in [-0.39, 0.29) is 17.2 Å². The van der Waals surface area contributed by atoms with Crippen molar-refractivity contribution >= 4 is 5.69 Å². The second kappa shape index (κ2) is 4.60. The molecule has 1 unspecified atom stereocenters. The third-order valence-electron chi connectivity index (χ3n) is 4.22. The number of ether oxygens (including phenoxy) is 1. The van der Waals surface area contributed by atoms with Crippen LogP contribution in [0.3, 0.4) is 0 Å². The van der Waals surface area contributed by atoms with Crippen LogP contribution < -0.4 is 5.73 Å². The first-order chi connectivity index (χ1) is 9.78. The highest BCUT2D eigenvalue weighted by atomic mass is 16.5. The number of nitrogens with zero attached hydrogens (tertiary/aromatic N) is 2. The maximum Gasteiger partial charge on any atom is 0.0857 e. The van der Waals surface area contributed by atoms with E-state index in [0.717, 1.165) is 23.2 Å². The van der Waals surface area contributed by atoms with Crippen LogP contribution >= 0.6 is 0 Å². The average molecular weight is 285 g/mol. The molecule has 2 aromatic rings. The van der Waals surface area contributed by atoms with Crippen molar-refractivity contribution in [2.24, 2.45) is 0 Å². The Bertz CT molecular complexity index is 658. The topological polar surface area (TPSA) is 53.1 Å². The lowest BCUT2D eigenvalue weighted by molar-refractivity contribution is -0.0737. The third kappa shape index (κ3) is 2.56. The van der Waals surface area contributed by atoms with E-state index < -0.39 is 0 Å². The molecule has 4 nitrogen and oxygen atoms in total. The summed E-state index contributed by atoms with van der Waals surface area (Å²) in [5.41, 5.74) is 8.56. The van der Waals surface area contributed by atoms with Crippen molar-refractivity contribution in [2.75, 3.05) is 5.73 Å². The van der Waals surface area contributed by atoms with Crippen molar-refractivity contribution in [1.82, 2.24) is 9.78 Å². The zero-order chi connectivity index (χ0) is 15.3. The van der Waals surface area contributed by atoms with Gasteiger partial charge in [0.25, 0.3) is 0 Å². The van der Waals surface area contributed by atoms with Gasteiger partial charge in [0.05, 0.1) is 23.4 Å². The van der Waals surface area contributed by atoms with E-state index in [4.69, 9.17) is 10.5 Å². The van der Waals surface area contributed by atoms with E-state index in [0.29, 0.717) is 0 Å². The number of hydrogen-bond donors (Lipinski definition) is 1. The summed E-state index contributed by atoms with van der Waals surface area (Å²) in [6.45, 7) is 8.53. The molecule has 1 saturated heterocycles. The first-order valence-corrected chi connectivity index (χ1v) is 7.38. The van der Waals surface area contributed by atoms with E-state index in [1.807, 2.05) is 35.1 Å². The van der Waals surface area contributed by atoms with Crippen molar-refractivity contribution in [3.63, 3.8) is 0 Å². The Balaban J connectivity index is 1.94. The summed E-state index contributed by atoms with van der Waals surface area (Å²) in [6, 6.07) is 8.11. The minimum atomic E-state index is -0.227. The number of rotatable bonds is 2. The molecule has 112 valence electrons. The molecule has 1 aliphatic rings. The molecule has 1 fully saturated rings. The van der Waals surface area contributed by atoms with Gasteiger partial charge in [0.2, 0.25) is 0 Å². The van der Waals surface area contributed by atoms with Crippen molar-refractivity contribution in [2.45, 2.75) is 51.4 Å². The van der Waals surface area contributed by atoms with Gasteiger partial charge in [-0.1, -0.05) is 18.2 Å². The molecule has 1 aromatic carbocycles. The normalized spacial score (nSPS) is 23.3. The Morgan fingerprint density at radius 1 is 1.24 bits per heavy atom. The molecule has 0 aliphatic carbocycles. The summed E-state index contributed by atoms with van der Waals surface area (Å²) in [4.78, 5) is 0. The van der Waals surface area contributed by atoms with Crippen LogP contribution in [0.25, 0.3) is 11.1 Å². The van der Waals surface area contributed by atoms with Gasteiger partial charge in [0.1, 0.15) is 0 Å². The Morgan fingerprint density at radius 3 is 2.57 bits per heavy atom. The first-order valence-electron chi connectivity index (χ1n) is 7.38. The molecular weight excluding hydrogens is 262 g/mol. The summed E-state index contributed by atoms with van der Waals surface area (Å²) in [5, 5.41) is 4.56. The van der Waals surface area contributed by atoms with Gasteiger partial charge < -0.3 is 10.5 Å². The van der Waals surface area contributed by atoms with Crippen LogP contribution in [0.15, 0.2) is 36.7 Å². The highest BCUT2D eigenvalue weighted by Gasteiger charge is 2.47. The number of nitrogen functional groups attached to an aromatic ring is 1. The monoisotopic (exact) mass is 285 g/mol. The van der Waals surface area contributed by atoms with Crippen molar-refractivity contribution in [3.05, 3.63) is 36.7 Å². The number of para-hydroxylation sites is 1. The molecule has 3 rings (SSSR count). The van der Waals surface area contributed by atoms with Crippen LogP contribution in [-0.4, -0.2) is 21.0 Å². The van der Waals surface area contributed by atoms with Gasteiger partial charge in [-0.25, -0.2) is 0 Å². The molecule has 1 atom stereocenters. The molecule has 0 saturated carbocycles. The summed E-state index contributed by atoms with van der Waals surface area (Å²) in [5.74, 6) is 0. The second-order valence-electron chi connectivity index (χ2n) is 6.98. The van der Waals surface area contributed by atoms with E-state index in [9.17, 15) is 0 Å². The second-order valence-corrected chi connectivity index (χ2v) is 6.98. The highest BCUT2D eigenvalue weighted by Crippen LogP contribution is 2.45. The Labute approximate surface area is 125 Å². The van der Waals surface area contributed by atoms with Crippen LogP contribution in [0.5, 0.6) is 0 Å². The molecule has 2 heterocycles. The van der Waals surface area contributed by atoms with Gasteiger partial charge in [-0.3, -0.25) is 4.68 Å². The standard InChI is InChI=1S/C17H23N3O/c1-16(2)9-15(17(3,4)21-16)20-11-12(10-19-20)13-7-5-6-8-14(13)18/h5-8,10-11,15H,9,18H2,1-4H3. The van der Waals surface area contributed by atoms with Crippen LogP contribution in [0, 0.1) is 0 Å². The molecule has 0 spiro atoms. The number of aromatic nitrogens is 2. The van der Waals surface area contributed by atoms with Crippen LogP contribution in [0.4, 0.5) is 5.69 Å². The molecule has 4 heteroatoms. The molecule has 0 amide bonds. The number of hydrogen-bond acceptors (Lipinski definition) is 3. The van der Waals surface area contributed by atoms with Crippen molar-refractivity contribution < 1.29 is 4.74 Å². The summed E-state index contributed by atoms with van der Waals surface area (Å²) in [6.07, 6.45) is 4.90. The predicted octanol–water partition coefficient (Wildman–Crippen LogP) is 3.65. The zero-order valence-corrected chi connectivity index (χ0v) is 13.1. The van der Waals surface area contributed by atoms with Crippen LogP contribution in [-0.2, 0) is 4.74 Å². The maximum atomic E-state index is 6.16. The van der Waals surface area contributed by atoms with Gasteiger partial charge in [0, 0.05) is 29.4 Å². The molecule has 1 aliphatic heterocycles. The lowest BCUT2D eigenvalue weighted by Crippen LogP contribution is -2.31. The van der Waals surface area contributed by atoms with Gasteiger partial charge in [-0.2, -0.15) is 5.10 Å². The first kappa shape index (κ1) is 14.1. The number of benzene rings is 1. The van der Waals surface area contributed by atoms with Crippen LogP contribution in [0.1, 0.15) is 40.2 Å². The lowest BCUT2D eigenvalue weighted by atomic mass is 9.94. The van der Waals surface area contributed by atoms with Gasteiger partial charge >= 0.3 is 0 Å². The fourth-order valence-corrected chi connectivity index (χ4v) is 3.35. The predicted molar refractivity (Wildman–Crippen MR) is 85.0 cm³/mol. The summed E-state index contributed by atoms with van der Waals surface area (Å²) < 4.78 is 8.18. The minimum Gasteiger partial charge on any atom is -0.398 e. The maximum absolute atomic E-state index is 6.16. The zero-order valence-electron chi connectivity index (χ0n) is 13.1. The van der Waals surface area contributed by atoms with Crippen LogP contribution in [0.2, 0.25) is 0 Å². The molecule has 2 N–H and O–H groups in total. The SMILES string of the molecule is CC1(C)CC(n2cc(-c3ccccc3N)cn2)C(C)(C)O1. The fraction of sp³-hybridized carbons (Fsp3) is 0.471. The quantitative estimate of drug-likeness (QED) is 0.857. The summed E-state index contributed by atoms with van der Waals surface area (Å²) in [7, 11) is 0. The lowest BCUT2D eigenvalue weighted by Gasteiger charge is -2.27. The minimum absolute atomic E-state index is 0.119.